The Bertz CT molecular complexity index is 110. The van der Waals surface area contributed by atoms with Crippen molar-refractivity contribution in [2.24, 2.45) is 16.9 Å². The maximum atomic E-state index is 5.91. The molecule has 1 aliphatic carbocycles. The fourth-order valence-electron chi connectivity index (χ4n) is 1.45. The fraction of sp³-hybridized carbons (Fsp3) is 1.00. The molecule has 0 aliphatic heterocycles. The topological polar surface area (TPSA) is 52.0 Å². The quantitative estimate of drug-likeness (QED) is 0.567. The van der Waals surface area contributed by atoms with Crippen molar-refractivity contribution >= 4 is 0 Å². The lowest BCUT2D eigenvalue weighted by atomic mass is 10.00. The van der Waals surface area contributed by atoms with Crippen LogP contribution in [0.2, 0.25) is 0 Å². The summed E-state index contributed by atoms with van der Waals surface area (Å²) in [5.74, 6) is 0. The molecule has 2 nitrogen and oxygen atoms in total. The van der Waals surface area contributed by atoms with Gasteiger partial charge in [0.2, 0.25) is 0 Å². The molecule has 0 amide bonds. The maximum Gasteiger partial charge on any atom is 0.0339 e. The summed E-state index contributed by atoms with van der Waals surface area (Å²) in [6.07, 6.45) is 2.26. The van der Waals surface area contributed by atoms with Gasteiger partial charge in [-0.05, 0) is 18.3 Å². The van der Waals surface area contributed by atoms with E-state index in [9.17, 15) is 0 Å². The smallest absolute Gasteiger partial charge is 0.0339 e. The summed E-state index contributed by atoms with van der Waals surface area (Å²) >= 11 is 0. The van der Waals surface area contributed by atoms with Crippen LogP contribution in [0.5, 0.6) is 0 Å². The molecule has 54 valence electrons. The van der Waals surface area contributed by atoms with E-state index < -0.39 is 0 Å². The number of hydrogen-bond acceptors (Lipinski definition) is 2. The minimum absolute atomic E-state index is 0.0260. The minimum Gasteiger partial charge on any atom is -0.329 e. The lowest BCUT2D eigenvalue weighted by Crippen LogP contribution is -2.37. The Hall–Kier alpha value is -0.0800. The van der Waals surface area contributed by atoms with Gasteiger partial charge in [0.15, 0.2) is 0 Å². The van der Waals surface area contributed by atoms with Crippen LogP contribution in [0.4, 0.5) is 0 Å². The molecule has 0 unspecified atom stereocenters. The molecule has 9 heavy (non-hydrogen) atoms. The molecule has 0 aromatic rings. The number of hydrogen-bond donors (Lipinski definition) is 2. The van der Waals surface area contributed by atoms with E-state index >= 15 is 0 Å². The van der Waals surface area contributed by atoms with Crippen LogP contribution in [0.1, 0.15) is 26.7 Å². The van der Waals surface area contributed by atoms with Crippen molar-refractivity contribution in [2.45, 2.75) is 32.2 Å². The summed E-state index contributed by atoms with van der Waals surface area (Å²) in [6.45, 7) is 5.02. The van der Waals surface area contributed by atoms with E-state index in [4.69, 9.17) is 11.5 Å². The van der Waals surface area contributed by atoms with Crippen molar-refractivity contribution in [1.29, 1.82) is 0 Å². The van der Waals surface area contributed by atoms with Gasteiger partial charge < -0.3 is 11.5 Å². The van der Waals surface area contributed by atoms with Crippen molar-refractivity contribution in [1.82, 2.24) is 0 Å². The van der Waals surface area contributed by atoms with Crippen LogP contribution < -0.4 is 11.5 Å². The molecule has 4 N–H and O–H groups in total. The van der Waals surface area contributed by atoms with Crippen molar-refractivity contribution < 1.29 is 0 Å². The zero-order chi connectivity index (χ0) is 7.12. The van der Waals surface area contributed by atoms with E-state index in [-0.39, 0.29) is 5.54 Å². The Morgan fingerprint density at radius 2 is 2.11 bits per heavy atom. The molecule has 0 aromatic heterocycles. The summed E-state index contributed by atoms with van der Waals surface area (Å²) in [5.41, 5.74) is 11.7. The molecule has 2 atom stereocenters. The molecule has 0 bridgehead atoms. The first-order chi connectivity index (χ1) is 4.08. The lowest BCUT2D eigenvalue weighted by Gasteiger charge is -2.13. The molecule has 0 saturated heterocycles. The van der Waals surface area contributed by atoms with E-state index in [0.29, 0.717) is 12.0 Å². The first kappa shape index (κ1) is 7.03. The normalized spacial score (nSPS) is 49.3. The molecule has 0 heterocycles. The van der Waals surface area contributed by atoms with Gasteiger partial charge >= 0.3 is 0 Å². The van der Waals surface area contributed by atoms with Crippen LogP contribution in [-0.2, 0) is 0 Å². The highest BCUT2D eigenvalue weighted by Crippen LogP contribution is 2.55. The summed E-state index contributed by atoms with van der Waals surface area (Å²) < 4.78 is 0. The molecule has 1 saturated carbocycles. The lowest BCUT2D eigenvalue weighted by molar-refractivity contribution is 0.443. The Morgan fingerprint density at radius 1 is 1.56 bits per heavy atom. The van der Waals surface area contributed by atoms with Gasteiger partial charge in [0.1, 0.15) is 0 Å². The Balaban J connectivity index is 2.54. The van der Waals surface area contributed by atoms with Crippen LogP contribution in [0.15, 0.2) is 0 Å². The molecule has 0 radical (unpaired) electrons. The second kappa shape index (κ2) is 1.70. The predicted octanol–water partition coefficient (Wildman–Crippen LogP) is 0.463. The van der Waals surface area contributed by atoms with Crippen LogP contribution in [-0.4, -0.2) is 12.1 Å². The average molecular weight is 128 g/mol. The molecular weight excluding hydrogens is 112 g/mol. The Labute approximate surface area is 56.6 Å². The zero-order valence-corrected chi connectivity index (χ0v) is 6.28. The van der Waals surface area contributed by atoms with E-state index in [1.807, 2.05) is 0 Å². The highest BCUT2D eigenvalue weighted by molar-refractivity contribution is 5.17. The van der Waals surface area contributed by atoms with Crippen molar-refractivity contribution in [3.05, 3.63) is 0 Å². The van der Waals surface area contributed by atoms with Gasteiger partial charge in [-0.3, -0.25) is 0 Å². The van der Waals surface area contributed by atoms with Crippen molar-refractivity contribution in [3.8, 4) is 0 Å². The van der Waals surface area contributed by atoms with Gasteiger partial charge in [-0.25, -0.2) is 0 Å². The fourth-order valence-corrected chi connectivity index (χ4v) is 1.45. The number of rotatable bonds is 2. The maximum absolute atomic E-state index is 5.91. The van der Waals surface area contributed by atoms with Gasteiger partial charge in [-0.2, -0.15) is 0 Å². The van der Waals surface area contributed by atoms with E-state index in [2.05, 4.69) is 13.8 Å². The van der Waals surface area contributed by atoms with Crippen LogP contribution in [0, 0.1) is 5.41 Å². The Kier molecular flexibility index (Phi) is 1.33. The first-order valence-electron chi connectivity index (χ1n) is 3.57. The SMILES string of the molecule is CC[C@@]1(C)C[C@]1(N)CN. The Morgan fingerprint density at radius 3 is 2.22 bits per heavy atom. The molecule has 1 aliphatic rings. The first-order valence-corrected chi connectivity index (χ1v) is 3.57. The third-order valence-electron chi connectivity index (χ3n) is 2.93. The summed E-state index contributed by atoms with van der Waals surface area (Å²) in [5, 5.41) is 0. The predicted molar refractivity (Wildman–Crippen MR) is 39.0 cm³/mol. The third kappa shape index (κ3) is 0.775. The molecule has 1 fully saturated rings. The molecule has 2 heteroatoms. The monoisotopic (exact) mass is 128 g/mol. The molecule has 1 rings (SSSR count). The van der Waals surface area contributed by atoms with Gasteiger partial charge in [-0.1, -0.05) is 13.8 Å². The molecule has 0 aromatic carbocycles. The second-order valence-electron chi connectivity index (χ2n) is 3.45. The van der Waals surface area contributed by atoms with Crippen molar-refractivity contribution in [2.75, 3.05) is 6.54 Å². The summed E-state index contributed by atoms with van der Waals surface area (Å²) in [4.78, 5) is 0. The van der Waals surface area contributed by atoms with Gasteiger partial charge in [-0.15, -0.1) is 0 Å². The largest absolute Gasteiger partial charge is 0.329 e. The van der Waals surface area contributed by atoms with Gasteiger partial charge in [0.25, 0.3) is 0 Å². The average Bonchev–Trinajstić information content (AvgIpc) is 2.39. The van der Waals surface area contributed by atoms with Gasteiger partial charge in [0, 0.05) is 12.1 Å². The highest BCUT2D eigenvalue weighted by atomic mass is 14.9. The van der Waals surface area contributed by atoms with E-state index in [1.54, 1.807) is 0 Å². The standard InChI is InChI=1S/C7H16N2/c1-3-6(2)4-7(6,9)5-8/h3-5,8-9H2,1-2H3/t6-,7-/m0/s1. The van der Waals surface area contributed by atoms with Crippen LogP contribution >= 0.6 is 0 Å². The minimum atomic E-state index is -0.0260. The second-order valence-corrected chi connectivity index (χ2v) is 3.45. The summed E-state index contributed by atoms with van der Waals surface area (Å²) in [7, 11) is 0. The van der Waals surface area contributed by atoms with Crippen LogP contribution in [0.25, 0.3) is 0 Å². The zero-order valence-electron chi connectivity index (χ0n) is 6.28. The number of nitrogens with two attached hydrogens (primary N) is 2. The van der Waals surface area contributed by atoms with Gasteiger partial charge in [0.05, 0.1) is 0 Å². The van der Waals surface area contributed by atoms with E-state index in [1.165, 1.54) is 0 Å². The molecule has 0 spiro atoms. The molecular formula is C7H16N2. The highest BCUT2D eigenvalue weighted by Gasteiger charge is 2.59. The third-order valence-corrected chi connectivity index (χ3v) is 2.93. The van der Waals surface area contributed by atoms with E-state index in [0.717, 1.165) is 12.8 Å². The van der Waals surface area contributed by atoms with Crippen molar-refractivity contribution in [3.63, 3.8) is 0 Å². The summed E-state index contributed by atoms with van der Waals surface area (Å²) in [6, 6.07) is 0. The van der Waals surface area contributed by atoms with Crippen LogP contribution in [0.3, 0.4) is 0 Å².